The molecular formula is C80H52N4OS. The van der Waals surface area contributed by atoms with Crippen LogP contribution in [-0.4, -0.2) is 19.9 Å². The summed E-state index contributed by atoms with van der Waals surface area (Å²) >= 11 is 1.85. The van der Waals surface area contributed by atoms with E-state index in [0.717, 1.165) is 95.0 Å². The van der Waals surface area contributed by atoms with E-state index in [1.165, 1.54) is 53.6 Å². The number of furan rings is 1. The number of benzene rings is 12. The third kappa shape index (κ3) is 10.1. The van der Waals surface area contributed by atoms with E-state index in [0.29, 0.717) is 5.82 Å². The van der Waals surface area contributed by atoms with E-state index < -0.39 is 0 Å². The summed E-state index contributed by atoms with van der Waals surface area (Å²) in [5.41, 5.74) is 20.9. The van der Waals surface area contributed by atoms with Crippen LogP contribution in [0.3, 0.4) is 0 Å². The highest BCUT2D eigenvalue weighted by Gasteiger charge is 2.22. The standard InChI is InChI=1S/C40H26N2O.C40H26N2S/c2*1-4-12-27(13-5-1)28-20-22-29(23-21-28)32-24-25-33(38-34-18-10-11-19-37(34)43-39(32)38)36-26-35(30-14-6-2-7-15-30)41-40(42-36)31-16-8-3-9-17-31/h2*1-26H. The fourth-order valence-electron chi connectivity index (χ4n) is 11.6. The molecule has 0 aliphatic heterocycles. The van der Waals surface area contributed by atoms with Gasteiger partial charge in [-0.1, -0.05) is 285 Å². The lowest BCUT2D eigenvalue weighted by molar-refractivity contribution is 0.670. The number of hydrogen-bond donors (Lipinski definition) is 0. The van der Waals surface area contributed by atoms with Crippen LogP contribution in [0.2, 0.25) is 0 Å². The molecule has 0 fully saturated rings. The van der Waals surface area contributed by atoms with Crippen molar-refractivity contribution in [3.05, 3.63) is 315 Å². The number of fused-ring (bicyclic) bond motifs is 6. The molecule has 0 unspecified atom stereocenters. The van der Waals surface area contributed by atoms with Crippen molar-refractivity contribution in [1.29, 1.82) is 0 Å². The van der Waals surface area contributed by atoms with Gasteiger partial charge in [-0.15, -0.1) is 11.3 Å². The lowest BCUT2D eigenvalue weighted by Gasteiger charge is -2.12. The number of hydrogen-bond acceptors (Lipinski definition) is 6. The largest absolute Gasteiger partial charge is 0.455 e. The smallest absolute Gasteiger partial charge is 0.160 e. The van der Waals surface area contributed by atoms with Gasteiger partial charge in [0.25, 0.3) is 0 Å². The van der Waals surface area contributed by atoms with Gasteiger partial charge < -0.3 is 4.42 Å². The van der Waals surface area contributed by atoms with Crippen LogP contribution in [0.5, 0.6) is 0 Å². The molecule has 0 N–H and O–H groups in total. The second-order valence-corrected chi connectivity index (χ2v) is 22.3. The molecule has 5 nitrogen and oxygen atoms in total. The Balaban J connectivity index is 0.000000145. The molecule has 0 bridgehead atoms. The van der Waals surface area contributed by atoms with Crippen LogP contribution in [-0.2, 0) is 0 Å². The molecule has 86 heavy (non-hydrogen) atoms. The molecule has 404 valence electrons. The summed E-state index contributed by atoms with van der Waals surface area (Å²) < 4.78 is 9.14. The van der Waals surface area contributed by atoms with Crippen molar-refractivity contribution >= 4 is 53.4 Å². The van der Waals surface area contributed by atoms with Crippen LogP contribution >= 0.6 is 11.3 Å². The van der Waals surface area contributed by atoms with E-state index in [9.17, 15) is 0 Å². The molecular weight excluding hydrogens is 1060 g/mol. The lowest BCUT2D eigenvalue weighted by atomic mass is 9.95. The number of nitrogens with zero attached hydrogens (tertiary/aromatic N) is 4. The normalized spacial score (nSPS) is 11.3. The Kier molecular flexibility index (Phi) is 13.7. The van der Waals surface area contributed by atoms with Gasteiger partial charge in [0.15, 0.2) is 11.6 Å². The Morgan fingerprint density at radius 2 is 0.593 bits per heavy atom. The maximum absolute atomic E-state index is 6.60. The second-order valence-electron chi connectivity index (χ2n) is 21.2. The van der Waals surface area contributed by atoms with Crippen LogP contribution < -0.4 is 0 Å². The van der Waals surface area contributed by atoms with Gasteiger partial charge in [-0.3, -0.25) is 0 Å². The SMILES string of the molecule is c1ccc(-c2ccc(-c3ccc(-c4cc(-c5ccccc5)nc(-c5ccccc5)n4)c4c3oc3ccccc34)cc2)cc1.c1ccc(-c2ccc(-c3ccc(-c4cc(-c5ccccc5)nc(-c5ccccc5)n4)c4c3sc3ccccc34)cc2)cc1. The van der Waals surface area contributed by atoms with E-state index >= 15 is 0 Å². The molecule has 16 aromatic rings. The van der Waals surface area contributed by atoms with Gasteiger partial charge in [0.05, 0.1) is 22.8 Å². The first kappa shape index (κ1) is 51.7. The molecule has 4 aromatic heterocycles. The van der Waals surface area contributed by atoms with E-state index in [4.69, 9.17) is 24.4 Å². The minimum absolute atomic E-state index is 0.693. The minimum Gasteiger partial charge on any atom is -0.455 e. The Labute approximate surface area is 502 Å². The Hall–Kier alpha value is -11.2. The molecule has 0 spiro atoms. The molecule has 12 aromatic carbocycles. The third-order valence-corrected chi connectivity index (χ3v) is 17.1. The van der Waals surface area contributed by atoms with Crippen molar-refractivity contribution in [2.45, 2.75) is 0 Å². The van der Waals surface area contributed by atoms with Crippen LogP contribution in [0.15, 0.2) is 320 Å². The summed E-state index contributed by atoms with van der Waals surface area (Å²) in [6, 6.07) is 110. The Morgan fingerprint density at radius 1 is 0.244 bits per heavy atom. The van der Waals surface area contributed by atoms with E-state index in [-0.39, 0.29) is 0 Å². The van der Waals surface area contributed by atoms with Gasteiger partial charge in [-0.25, -0.2) is 19.9 Å². The van der Waals surface area contributed by atoms with Crippen molar-refractivity contribution < 1.29 is 4.42 Å². The molecule has 0 saturated carbocycles. The van der Waals surface area contributed by atoms with Crippen molar-refractivity contribution in [3.63, 3.8) is 0 Å². The quantitative estimate of drug-likeness (QED) is 0.137. The lowest BCUT2D eigenvalue weighted by Crippen LogP contribution is -1.96. The predicted molar refractivity (Wildman–Crippen MR) is 359 cm³/mol. The summed E-state index contributed by atoms with van der Waals surface area (Å²) in [7, 11) is 0. The average molecular weight is 1120 g/mol. The summed E-state index contributed by atoms with van der Waals surface area (Å²) in [5.74, 6) is 1.42. The van der Waals surface area contributed by atoms with Gasteiger partial charge in [0.2, 0.25) is 0 Å². The monoisotopic (exact) mass is 1120 g/mol. The van der Waals surface area contributed by atoms with Gasteiger partial charge >= 0.3 is 0 Å². The maximum atomic E-state index is 6.60. The van der Waals surface area contributed by atoms with Gasteiger partial charge in [0.1, 0.15) is 11.2 Å². The number of thiophene rings is 1. The molecule has 4 heterocycles. The zero-order valence-electron chi connectivity index (χ0n) is 46.6. The summed E-state index contributed by atoms with van der Waals surface area (Å²) in [6.45, 7) is 0. The van der Waals surface area contributed by atoms with E-state index in [1.54, 1.807) is 0 Å². The number of rotatable bonds is 10. The van der Waals surface area contributed by atoms with Crippen molar-refractivity contribution in [3.8, 4) is 112 Å². The zero-order valence-corrected chi connectivity index (χ0v) is 47.4. The Bertz CT molecular complexity index is 4610. The molecule has 0 amide bonds. The fourth-order valence-corrected chi connectivity index (χ4v) is 12.9. The highest BCUT2D eigenvalue weighted by molar-refractivity contribution is 7.26. The van der Waals surface area contributed by atoms with Crippen molar-refractivity contribution in [2.75, 3.05) is 0 Å². The maximum Gasteiger partial charge on any atom is 0.160 e. The van der Waals surface area contributed by atoms with Crippen LogP contribution in [0.4, 0.5) is 0 Å². The van der Waals surface area contributed by atoms with E-state index in [2.05, 4.69) is 237 Å². The highest BCUT2D eigenvalue weighted by Crippen LogP contribution is 2.46. The molecule has 0 atom stereocenters. The molecule has 6 heteroatoms. The van der Waals surface area contributed by atoms with Crippen LogP contribution in [0.1, 0.15) is 0 Å². The van der Waals surface area contributed by atoms with Gasteiger partial charge in [-0.2, -0.15) is 0 Å². The first-order chi connectivity index (χ1) is 42.6. The second kappa shape index (κ2) is 22.9. The summed E-state index contributed by atoms with van der Waals surface area (Å²) in [6.07, 6.45) is 0. The minimum atomic E-state index is 0.693. The topological polar surface area (TPSA) is 64.7 Å². The average Bonchev–Trinajstić information content (AvgIpc) is 2.33. The molecule has 16 rings (SSSR count). The first-order valence-corrected chi connectivity index (χ1v) is 29.7. The summed E-state index contributed by atoms with van der Waals surface area (Å²) in [5, 5.41) is 4.61. The van der Waals surface area contributed by atoms with Crippen molar-refractivity contribution in [2.24, 2.45) is 0 Å². The highest BCUT2D eigenvalue weighted by atomic mass is 32.1. The van der Waals surface area contributed by atoms with Gasteiger partial charge in [0, 0.05) is 69.9 Å². The number of para-hydroxylation sites is 1. The van der Waals surface area contributed by atoms with E-state index in [1.807, 2.05) is 90.2 Å². The van der Waals surface area contributed by atoms with Gasteiger partial charge in [-0.05, 0) is 69.3 Å². The molecule has 0 saturated heterocycles. The van der Waals surface area contributed by atoms with Crippen LogP contribution in [0.25, 0.3) is 154 Å². The first-order valence-electron chi connectivity index (χ1n) is 28.8. The zero-order chi connectivity index (χ0) is 57.2. The fraction of sp³-hybridized carbons (Fsp3) is 0. The molecule has 0 radical (unpaired) electrons. The Morgan fingerprint density at radius 3 is 1.09 bits per heavy atom. The molecule has 0 aliphatic carbocycles. The number of aromatic nitrogens is 4. The van der Waals surface area contributed by atoms with Crippen LogP contribution in [0, 0.1) is 0 Å². The molecule has 0 aliphatic rings. The predicted octanol–water partition coefficient (Wildman–Crippen LogP) is 21.9. The third-order valence-electron chi connectivity index (χ3n) is 15.9. The summed E-state index contributed by atoms with van der Waals surface area (Å²) in [4.78, 5) is 20.3. The van der Waals surface area contributed by atoms with Crippen molar-refractivity contribution in [1.82, 2.24) is 19.9 Å².